The monoisotopic (exact) mass is 353 g/mol. The van der Waals surface area contributed by atoms with Gasteiger partial charge in [0.25, 0.3) is 5.91 Å². The molecule has 0 unspecified atom stereocenters. The molecule has 1 aliphatic heterocycles. The standard InChI is InChI=1S/C18H19N5O3/c24-18(14-10-13(19-20-14)15-2-1-9-25-15)23-7-5-12(6-8-23)17-22-21-16(26-17)11-3-4-11/h1-2,9-12H,3-8H2,(H,19,20). The zero-order valence-corrected chi connectivity index (χ0v) is 14.2. The normalized spacial score (nSPS) is 18.4. The average Bonchev–Trinajstić information content (AvgIpc) is 3.14. The first-order chi connectivity index (χ1) is 12.8. The molecule has 1 saturated carbocycles. The van der Waals surface area contributed by atoms with Crippen LogP contribution in [0.1, 0.15) is 59.8 Å². The van der Waals surface area contributed by atoms with Gasteiger partial charge >= 0.3 is 0 Å². The van der Waals surface area contributed by atoms with Gasteiger partial charge < -0.3 is 13.7 Å². The number of H-pyrrole nitrogens is 1. The second-order valence-electron chi connectivity index (χ2n) is 6.96. The summed E-state index contributed by atoms with van der Waals surface area (Å²) in [5.74, 6) is 2.80. The Kier molecular flexibility index (Phi) is 3.62. The molecule has 0 aromatic carbocycles. The summed E-state index contributed by atoms with van der Waals surface area (Å²) < 4.78 is 11.1. The summed E-state index contributed by atoms with van der Waals surface area (Å²) >= 11 is 0. The number of aromatic nitrogens is 4. The minimum absolute atomic E-state index is 0.0679. The third kappa shape index (κ3) is 2.81. The molecule has 0 atom stereocenters. The Labute approximate surface area is 149 Å². The van der Waals surface area contributed by atoms with Crippen LogP contribution in [0.2, 0.25) is 0 Å². The van der Waals surface area contributed by atoms with Crippen molar-refractivity contribution in [2.24, 2.45) is 0 Å². The fourth-order valence-corrected chi connectivity index (χ4v) is 3.39. The summed E-state index contributed by atoms with van der Waals surface area (Å²) in [5, 5.41) is 15.4. The molecule has 0 radical (unpaired) electrons. The molecule has 4 heterocycles. The molecule has 5 rings (SSSR count). The molecule has 134 valence electrons. The maximum atomic E-state index is 12.7. The van der Waals surface area contributed by atoms with Crippen molar-refractivity contribution in [3.05, 3.63) is 41.9 Å². The maximum absolute atomic E-state index is 12.7. The summed E-state index contributed by atoms with van der Waals surface area (Å²) in [4.78, 5) is 14.5. The predicted octanol–water partition coefficient (Wildman–Crippen LogP) is 2.95. The van der Waals surface area contributed by atoms with E-state index in [9.17, 15) is 4.79 Å². The number of carbonyl (C=O) groups excluding carboxylic acids is 1. The zero-order valence-electron chi connectivity index (χ0n) is 14.2. The third-order valence-electron chi connectivity index (χ3n) is 5.10. The molecule has 3 aromatic rings. The molecule has 0 spiro atoms. The zero-order chi connectivity index (χ0) is 17.5. The van der Waals surface area contributed by atoms with Crippen LogP contribution in [0.25, 0.3) is 11.5 Å². The van der Waals surface area contributed by atoms with Gasteiger partial charge in [0.2, 0.25) is 11.8 Å². The molecule has 8 nitrogen and oxygen atoms in total. The van der Waals surface area contributed by atoms with E-state index in [1.54, 1.807) is 18.4 Å². The lowest BCUT2D eigenvalue weighted by molar-refractivity contribution is 0.0700. The fourth-order valence-electron chi connectivity index (χ4n) is 3.39. The Hall–Kier alpha value is -2.90. The molecule has 3 aromatic heterocycles. The molecular weight excluding hydrogens is 334 g/mol. The molecular formula is C18H19N5O3. The Bertz CT molecular complexity index is 901. The van der Waals surface area contributed by atoms with Crippen LogP contribution in [0.3, 0.4) is 0 Å². The number of piperidine rings is 1. The number of aromatic amines is 1. The molecule has 1 N–H and O–H groups in total. The van der Waals surface area contributed by atoms with Crippen LogP contribution in [0, 0.1) is 0 Å². The van der Waals surface area contributed by atoms with Gasteiger partial charge in [-0.3, -0.25) is 9.89 Å². The van der Waals surface area contributed by atoms with Crippen molar-refractivity contribution in [2.75, 3.05) is 13.1 Å². The fraction of sp³-hybridized carbons (Fsp3) is 0.444. The molecule has 2 fully saturated rings. The Morgan fingerprint density at radius 3 is 2.50 bits per heavy atom. The highest BCUT2D eigenvalue weighted by Gasteiger charge is 2.32. The van der Waals surface area contributed by atoms with Crippen molar-refractivity contribution in [1.29, 1.82) is 0 Å². The first-order valence-corrected chi connectivity index (χ1v) is 9.00. The number of carbonyl (C=O) groups is 1. The molecule has 1 amide bonds. The number of hydrogen-bond donors (Lipinski definition) is 1. The summed E-state index contributed by atoms with van der Waals surface area (Å²) in [6, 6.07) is 5.36. The van der Waals surface area contributed by atoms with Crippen LogP contribution < -0.4 is 0 Å². The highest BCUT2D eigenvalue weighted by Crippen LogP contribution is 2.40. The van der Waals surface area contributed by atoms with E-state index < -0.39 is 0 Å². The van der Waals surface area contributed by atoms with Crippen LogP contribution >= 0.6 is 0 Å². The first kappa shape index (κ1) is 15.4. The Morgan fingerprint density at radius 2 is 1.85 bits per heavy atom. The summed E-state index contributed by atoms with van der Waals surface area (Å²) in [5.41, 5.74) is 1.11. The second kappa shape index (κ2) is 6.12. The van der Waals surface area contributed by atoms with Crippen LogP contribution in [0.15, 0.2) is 33.3 Å². The largest absolute Gasteiger partial charge is 0.463 e. The minimum Gasteiger partial charge on any atom is -0.463 e. The lowest BCUT2D eigenvalue weighted by Crippen LogP contribution is -2.38. The van der Waals surface area contributed by atoms with Crippen molar-refractivity contribution in [3.8, 4) is 11.5 Å². The van der Waals surface area contributed by atoms with Gasteiger partial charge in [0.05, 0.1) is 6.26 Å². The van der Waals surface area contributed by atoms with Gasteiger partial charge in [-0.2, -0.15) is 5.10 Å². The number of rotatable bonds is 4. The van der Waals surface area contributed by atoms with Crippen LogP contribution in [0.5, 0.6) is 0 Å². The Morgan fingerprint density at radius 1 is 1.12 bits per heavy atom. The van der Waals surface area contributed by atoms with Crippen LogP contribution in [-0.2, 0) is 0 Å². The predicted molar refractivity (Wildman–Crippen MR) is 90.4 cm³/mol. The van der Waals surface area contributed by atoms with E-state index in [1.807, 2.05) is 11.0 Å². The van der Waals surface area contributed by atoms with E-state index in [4.69, 9.17) is 8.83 Å². The summed E-state index contributed by atoms with van der Waals surface area (Å²) in [7, 11) is 0. The van der Waals surface area contributed by atoms with E-state index in [0.717, 1.165) is 37.5 Å². The van der Waals surface area contributed by atoms with Gasteiger partial charge in [-0.05, 0) is 37.8 Å². The SMILES string of the molecule is O=C(c1cc(-c2ccco2)[nH]n1)N1CCC(c2nnc(C3CC3)o2)CC1. The minimum atomic E-state index is -0.0679. The number of nitrogens with zero attached hydrogens (tertiary/aromatic N) is 4. The third-order valence-corrected chi connectivity index (χ3v) is 5.10. The van der Waals surface area contributed by atoms with Gasteiger partial charge in [-0.15, -0.1) is 10.2 Å². The number of likely N-dealkylation sites (tertiary alicyclic amines) is 1. The maximum Gasteiger partial charge on any atom is 0.274 e. The van der Waals surface area contributed by atoms with E-state index in [1.165, 1.54) is 0 Å². The Balaban J connectivity index is 1.22. The summed E-state index contributed by atoms with van der Waals surface area (Å²) in [6.45, 7) is 1.32. The van der Waals surface area contributed by atoms with Crippen LogP contribution in [-0.4, -0.2) is 44.3 Å². The van der Waals surface area contributed by atoms with E-state index in [0.29, 0.717) is 36.2 Å². The van der Waals surface area contributed by atoms with Crippen molar-refractivity contribution in [3.63, 3.8) is 0 Å². The van der Waals surface area contributed by atoms with Gasteiger partial charge in [-0.1, -0.05) is 0 Å². The highest BCUT2D eigenvalue weighted by atomic mass is 16.4. The topological polar surface area (TPSA) is 101 Å². The average molecular weight is 353 g/mol. The quantitative estimate of drug-likeness (QED) is 0.774. The van der Waals surface area contributed by atoms with Crippen molar-refractivity contribution in [2.45, 2.75) is 37.5 Å². The highest BCUT2D eigenvalue weighted by molar-refractivity contribution is 5.93. The van der Waals surface area contributed by atoms with Gasteiger partial charge in [-0.25, -0.2) is 0 Å². The van der Waals surface area contributed by atoms with Gasteiger partial charge in [0.1, 0.15) is 5.69 Å². The first-order valence-electron chi connectivity index (χ1n) is 9.00. The van der Waals surface area contributed by atoms with Crippen molar-refractivity contribution >= 4 is 5.91 Å². The lowest BCUT2D eigenvalue weighted by Gasteiger charge is -2.29. The number of amides is 1. The smallest absolute Gasteiger partial charge is 0.274 e. The van der Waals surface area contributed by atoms with Gasteiger partial charge in [0.15, 0.2) is 11.5 Å². The van der Waals surface area contributed by atoms with E-state index in [2.05, 4.69) is 20.4 Å². The number of furan rings is 1. The molecule has 0 bridgehead atoms. The molecule has 26 heavy (non-hydrogen) atoms. The molecule has 1 saturated heterocycles. The number of hydrogen-bond acceptors (Lipinski definition) is 6. The molecule has 2 aliphatic rings. The van der Waals surface area contributed by atoms with Crippen molar-refractivity contribution < 1.29 is 13.6 Å². The number of nitrogens with one attached hydrogen (secondary N) is 1. The lowest BCUT2D eigenvalue weighted by atomic mass is 9.96. The van der Waals surface area contributed by atoms with E-state index in [-0.39, 0.29) is 11.8 Å². The second-order valence-corrected chi connectivity index (χ2v) is 6.96. The molecule has 1 aliphatic carbocycles. The molecule has 8 heteroatoms. The van der Waals surface area contributed by atoms with E-state index >= 15 is 0 Å². The summed E-state index contributed by atoms with van der Waals surface area (Å²) in [6.07, 6.45) is 5.55. The van der Waals surface area contributed by atoms with Gasteiger partial charge in [0, 0.05) is 31.0 Å². The van der Waals surface area contributed by atoms with Crippen molar-refractivity contribution in [1.82, 2.24) is 25.3 Å². The van der Waals surface area contributed by atoms with Crippen LogP contribution in [0.4, 0.5) is 0 Å².